The molecular formula is C20H30O6. The Morgan fingerprint density at radius 3 is 1.88 bits per heavy atom. The summed E-state index contributed by atoms with van der Waals surface area (Å²) in [6.45, 7) is 6.80. The van der Waals surface area contributed by atoms with Crippen LogP contribution >= 0.6 is 0 Å². The van der Waals surface area contributed by atoms with E-state index in [0.717, 1.165) is 25.7 Å². The van der Waals surface area contributed by atoms with Crippen LogP contribution in [0.25, 0.3) is 0 Å². The summed E-state index contributed by atoms with van der Waals surface area (Å²) in [7, 11) is 4.50. The molecule has 1 aromatic carbocycles. The predicted octanol–water partition coefficient (Wildman–Crippen LogP) is 4.41. The van der Waals surface area contributed by atoms with Gasteiger partial charge in [0.05, 0.1) is 26.9 Å². The molecule has 26 heavy (non-hydrogen) atoms. The molecule has 0 aromatic heterocycles. The molecule has 0 radical (unpaired) electrons. The van der Waals surface area contributed by atoms with Crippen LogP contribution < -0.4 is 14.2 Å². The van der Waals surface area contributed by atoms with E-state index in [1.165, 1.54) is 21.3 Å². The lowest BCUT2D eigenvalue weighted by molar-refractivity contribution is -0.281. The van der Waals surface area contributed by atoms with E-state index in [4.69, 9.17) is 24.0 Å². The smallest absolute Gasteiger partial charge is 0.373 e. The van der Waals surface area contributed by atoms with Gasteiger partial charge in [-0.05, 0) is 49.1 Å². The largest absolute Gasteiger partial charge is 0.493 e. The minimum atomic E-state index is -0.581. The Bertz CT molecular complexity index is 586. The summed E-state index contributed by atoms with van der Waals surface area (Å²) in [6.07, 6.45) is 3.89. The highest BCUT2D eigenvalue weighted by Gasteiger charge is 2.31. The first-order valence-electron chi connectivity index (χ1n) is 8.97. The van der Waals surface area contributed by atoms with Crippen molar-refractivity contribution in [1.29, 1.82) is 0 Å². The number of benzene rings is 1. The number of hydrogen-bond acceptors (Lipinski definition) is 6. The number of carbonyl (C=O) groups excluding carboxylic acids is 1. The monoisotopic (exact) mass is 366 g/mol. The molecule has 1 aliphatic carbocycles. The quantitative estimate of drug-likeness (QED) is 0.549. The van der Waals surface area contributed by atoms with Gasteiger partial charge in [0.25, 0.3) is 0 Å². The Morgan fingerprint density at radius 1 is 0.923 bits per heavy atom. The topological polar surface area (TPSA) is 63.2 Å². The molecule has 146 valence electrons. The van der Waals surface area contributed by atoms with Gasteiger partial charge in [0.1, 0.15) is 6.10 Å². The first kappa shape index (κ1) is 20.4. The summed E-state index contributed by atoms with van der Waals surface area (Å²) in [6, 6.07) is 3.09. The van der Waals surface area contributed by atoms with Crippen LogP contribution in [0.1, 0.15) is 56.8 Å². The first-order valence-corrected chi connectivity index (χ1v) is 8.97. The Hall–Kier alpha value is -1.95. The van der Waals surface area contributed by atoms with Gasteiger partial charge < -0.3 is 14.2 Å². The van der Waals surface area contributed by atoms with Crippen molar-refractivity contribution in [2.24, 2.45) is 11.3 Å². The van der Waals surface area contributed by atoms with Crippen molar-refractivity contribution in [2.75, 3.05) is 21.3 Å². The van der Waals surface area contributed by atoms with Crippen LogP contribution in [0.4, 0.5) is 0 Å². The van der Waals surface area contributed by atoms with E-state index in [1.807, 2.05) is 0 Å². The van der Waals surface area contributed by atoms with E-state index in [-0.39, 0.29) is 11.7 Å². The highest BCUT2D eigenvalue weighted by Crippen LogP contribution is 2.40. The number of rotatable bonds is 6. The molecule has 0 heterocycles. The van der Waals surface area contributed by atoms with Gasteiger partial charge in [-0.2, -0.15) is 4.89 Å². The summed E-state index contributed by atoms with van der Waals surface area (Å²) in [5.41, 5.74) is 0.584. The van der Waals surface area contributed by atoms with Crippen molar-refractivity contribution in [3.63, 3.8) is 0 Å². The fourth-order valence-electron chi connectivity index (χ4n) is 3.38. The van der Waals surface area contributed by atoms with Gasteiger partial charge in [0, 0.05) is 0 Å². The molecule has 6 nitrogen and oxygen atoms in total. The molecule has 1 aromatic rings. The van der Waals surface area contributed by atoms with Crippen molar-refractivity contribution in [3.8, 4) is 17.2 Å². The molecule has 0 amide bonds. The number of carbonyl (C=O) groups is 1. The molecule has 0 bridgehead atoms. The molecule has 0 N–H and O–H groups in total. The van der Waals surface area contributed by atoms with Crippen LogP contribution in [0, 0.1) is 11.3 Å². The van der Waals surface area contributed by atoms with Crippen molar-refractivity contribution < 1.29 is 28.8 Å². The highest BCUT2D eigenvalue weighted by atomic mass is 17.2. The molecule has 0 aliphatic heterocycles. The van der Waals surface area contributed by atoms with E-state index < -0.39 is 5.97 Å². The van der Waals surface area contributed by atoms with Crippen molar-refractivity contribution in [2.45, 2.75) is 52.6 Å². The van der Waals surface area contributed by atoms with Gasteiger partial charge in [0.2, 0.25) is 5.75 Å². The fourth-order valence-corrected chi connectivity index (χ4v) is 3.38. The average Bonchev–Trinajstić information content (AvgIpc) is 2.64. The van der Waals surface area contributed by atoms with Gasteiger partial charge in [-0.1, -0.05) is 20.8 Å². The fraction of sp³-hybridized carbons (Fsp3) is 0.650. The van der Waals surface area contributed by atoms with Crippen molar-refractivity contribution in [3.05, 3.63) is 17.7 Å². The Labute approximate surface area is 155 Å². The SMILES string of the molecule is COc1cc(C(=O)OOC2CCC(C(C)(C)C)CC2)cc(OC)c1OC. The molecular weight excluding hydrogens is 336 g/mol. The minimum absolute atomic E-state index is 0.0559. The molecule has 1 fully saturated rings. The van der Waals surface area contributed by atoms with Crippen LogP contribution in [0.15, 0.2) is 12.1 Å². The third-order valence-corrected chi connectivity index (χ3v) is 5.06. The number of hydrogen-bond donors (Lipinski definition) is 0. The summed E-state index contributed by atoms with van der Waals surface area (Å²) in [4.78, 5) is 22.8. The second kappa shape index (κ2) is 8.62. The van der Waals surface area contributed by atoms with Gasteiger partial charge >= 0.3 is 5.97 Å². The van der Waals surface area contributed by atoms with Crippen LogP contribution in [0.5, 0.6) is 17.2 Å². The molecule has 0 unspecified atom stereocenters. The summed E-state index contributed by atoms with van der Waals surface area (Å²) >= 11 is 0. The maximum atomic E-state index is 12.3. The summed E-state index contributed by atoms with van der Waals surface area (Å²) < 4.78 is 15.8. The zero-order chi connectivity index (χ0) is 19.3. The van der Waals surface area contributed by atoms with Gasteiger partial charge in [-0.3, -0.25) is 4.89 Å². The molecule has 2 rings (SSSR count). The lowest BCUT2D eigenvalue weighted by Crippen LogP contribution is -2.29. The Balaban J connectivity index is 1.96. The second-order valence-electron chi connectivity index (χ2n) is 7.72. The molecule has 1 aliphatic rings. The van der Waals surface area contributed by atoms with Gasteiger partial charge in [0.15, 0.2) is 11.5 Å². The van der Waals surface area contributed by atoms with E-state index in [0.29, 0.717) is 28.6 Å². The third kappa shape index (κ3) is 4.81. The zero-order valence-electron chi connectivity index (χ0n) is 16.6. The molecule has 6 heteroatoms. The van der Waals surface area contributed by atoms with Crippen LogP contribution in [-0.4, -0.2) is 33.4 Å². The maximum absolute atomic E-state index is 12.3. The predicted molar refractivity (Wildman–Crippen MR) is 97.8 cm³/mol. The van der Waals surface area contributed by atoms with E-state index >= 15 is 0 Å². The number of methoxy groups -OCH3 is 3. The Kier molecular flexibility index (Phi) is 6.75. The standard InChI is InChI=1S/C20H30O6/c1-20(2,3)14-7-9-15(10-8-14)25-26-19(21)13-11-16(22-4)18(24-6)17(12-13)23-5/h11-12,14-15H,7-10H2,1-6H3. The van der Waals surface area contributed by atoms with Gasteiger partial charge in [-0.15, -0.1) is 0 Å². The van der Waals surface area contributed by atoms with Crippen molar-refractivity contribution >= 4 is 5.97 Å². The van der Waals surface area contributed by atoms with E-state index in [1.54, 1.807) is 12.1 Å². The Morgan fingerprint density at radius 2 is 1.46 bits per heavy atom. The van der Waals surface area contributed by atoms with Crippen molar-refractivity contribution in [1.82, 2.24) is 0 Å². The van der Waals surface area contributed by atoms with E-state index in [9.17, 15) is 4.79 Å². The molecule has 0 atom stereocenters. The molecule has 1 saturated carbocycles. The minimum Gasteiger partial charge on any atom is -0.493 e. The third-order valence-electron chi connectivity index (χ3n) is 5.06. The summed E-state index contributed by atoms with van der Waals surface area (Å²) in [5, 5.41) is 0. The van der Waals surface area contributed by atoms with Gasteiger partial charge in [-0.25, -0.2) is 4.79 Å². The number of ether oxygens (including phenoxy) is 3. The average molecular weight is 366 g/mol. The molecule has 0 spiro atoms. The van der Waals surface area contributed by atoms with E-state index in [2.05, 4.69) is 20.8 Å². The molecule has 0 saturated heterocycles. The van der Waals surface area contributed by atoms with Crippen LogP contribution in [0.3, 0.4) is 0 Å². The normalized spacial score (nSPS) is 20.4. The maximum Gasteiger partial charge on any atom is 0.373 e. The lowest BCUT2D eigenvalue weighted by Gasteiger charge is -2.36. The zero-order valence-corrected chi connectivity index (χ0v) is 16.6. The second-order valence-corrected chi connectivity index (χ2v) is 7.72. The van der Waals surface area contributed by atoms with Crippen LogP contribution in [-0.2, 0) is 9.78 Å². The van der Waals surface area contributed by atoms with Crippen LogP contribution in [0.2, 0.25) is 0 Å². The summed E-state index contributed by atoms with van der Waals surface area (Å²) in [5.74, 6) is 1.30. The first-order chi connectivity index (χ1) is 12.3. The highest BCUT2D eigenvalue weighted by molar-refractivity contribution is 5.90. The lowest BCUT2D eigenvalue weighted by atomic mass is 9.72.